The Morgan fingerprint density at radius 2 is 1.06 bits per heavy atom. The van der Waals surface area contributed by atoms with Crippen LogP contribution in [0.1, 0.15) is 112 Å². The van der Waals surface area contributed by atoms with Gasteiger partial charge in [-0.3, -0.25) is 34.1 Å². The van der Waals surface area contributed by atoms with Crippen LogP contribution in [0.25, 0.3) is 34.2 Å². The van der Waals surface area contributed by atoms with E-state index in [0.29, 0.717) is 76.2 Å². The lowest BCUT2D eigenvalue weighted by Gasteiger charge is -2.11. The zero-order chi connectivity index (χ0) is 57.7. The number of carbonyl (C=O) groups is 5. The van der Waals surface area contributed by atoms with E-state index in [4.69, 9.17) is 5.73 Å². The molecule has 82 heavy (non-hydrogen) atoms. The summed E-state index contributed by atoms with van der Waals surface area (Å²) in [6.07, 6.45) is 14.8. The molecular weight excluding hydrogens is 1040 g/mol. The smallest absolute Gasteiger partial charge is 0.310 e. The van der Waals surface area contributed by atoms with Gasteiger partial charge >= 0.3 is 11.9 Å². The number of nitrogens with two attached hydrogens (primary N) is 1. The Bertz CT molecular complexity index is 3650. The maximum atomic E-state index is 11.9. The number of ketones is 2. The first-order valence-corrected chi connectivity index (χ1v) is 27.0. The second-order valence-corrected chi connectivity index (χ2v) is 20.3. The van der Waals surface area contributed by atoms with Crippen LogP contribution < -0.4 is 21.7 Å². The number of carbonyl (C=O) groups excluding carboxylic acids is 5. The number of hydrogen-bond donors (Lipinski definition) is 5. The van der Waals surface area contributed by atoms with Gasteiger partial charge in [-0.15, -0.1) is 5.10 Å². The molecule has 0 bridgehead atoms. The average Bonchev–Trinajstić information content (AvgIpc) is 4.62. The summed E-state index contributed by atoms with van der Waals surface area (Å²) in [5, 5.41) is 21.4. The third-order valence-electron chi connectivity index (χ3n) is 13.0. The van der Waals surface area contributed by atoms with Crippen LogP contribution in [0.2, 0.25) is 0 Å². The highest BCUT2D eigenvalue weighted by molar-refractivity contribution is 6.06. The molecule has 21 nitrogen and oxygen atoms in total. The number of aromatic amines is 1. The van der Waals surface area contributed by atoms with E-state index in [0.717, 1.165) is 59.0 Å². The van der Waals surface area contributed by atoms with Crippen molar-refractivity contribution in [1.29, 1.82) is 0 Å². The highest BCUT2D eigenvalue weighted by Gasteiger charge is 2.31. The van der Waals surface area contributed by atoms with E-state index in [-0.39, 0.29) is 23.9 Å². The molecule has 6 N–H and O–H groups in total. The Kier molecular flexibility index (Phi) is 18.3. The normalized spacial score (nSPS) is 14.0. The quantitative estimate of drug-likeness (QED) is 0.0471. The van der Waals surface area contributed by atoms with Crippen LogP contribution in [-0.2, 0) is 36.8 Å². The van der Waals surface area contributed by atoms with E-state index in [2.05, 4.69) is 77.0 Å². The third kappa shape index (κ3) is 16.1. The zero-order valence-electron chi connectivity index (χ0n) is 46.2. The Morgan fingerprint density at radius 1 is 0.585 bits per heavy atom. The molecule has 4 aliphatic rings. The Hall–Kier alpha value is -9.92. The molecule has 5 aromatic heterocycles. The Balaban J connectivity index is 0.000000141. The van der Waals surface area contributed by atoms with Crippen molar-refractivity contribution < 1.29 is 28.7 Å². The van der Waals surface area contributed by atoms with Crippen molar-refractivity contribution in [2.75, 3.05) is 28.2 Å². The van der Waals surface area contributed by atoms with Crippen molar-refractivity contribution in [2.24, 2.45) is 10.9 Å². The van der Waals surface area contributed by atoms with Gasteiger partial charge in [0.1, 0.15) is 29.0 Å². The van der Waals surface area contributed by atoms with Crippen LogP contribution in [0, 0.1) is 5.92 Å². The van der Waals surface area contributed by atoms with E-state index in [1.807, 2.05) is 103 Å². The molecule has 8 aromatic rings. The molecular formula is C61H63N15O6. The highest BCUT2D eigenvalue weighted by Crippen LogP contribution is 2.42. The fourth-order valence-corrected chi connectivity index (χ4v) is 8.66. The summed E-state index contributed by atoms with van der Waals surface area (Å²) in [6.45, 7) is 7.74. The lowest BCUT2D eigenvalue weighted by Crippen LogP contribution is -2.13. The van der Waals surface area contributed by atoms with Crippen molar-refractivity contribution >= 4 is 70.0 Å². The molecule has 0 amide bonds. The minimum Gasteiger partial charge on any atom is -0.394 e. The SMILES string of the molecule is CC(=O)Cc1cnc(-c2ccccc2)nc1NC1=NCC(C2CC2)=C1.CC(=O)Cc1cnc(-c2ccccc2)nc1Nc1cc(C2CC2)n(C(C)=O)n1.CC(=O)OC(C)=O.Nc1cnc(-c2ccccc2)nc1Nc1cc(C2CC2)[nH]n1. The zero-order valence-corrected chi connectivity index (χ0v) is 46.2. The predicted octanol–water partition coefficient (Wildman–Crippen LogP) is 10.4. The number of rotatable bonds is 15. The second-order valence-electron chi connectivity index (χ2n) is 20.3. The first-order valence-electron chi connectivity index (χ1n) is 27.0. The van der Waals surface area contributed by atoms with Gasteiger partial charge < -0.3 is 26.4 Å². The molecule has 418 valence electrons. The monoisotopic (exact) mass is 1100 g/mol. The lowest BCUT2D eigenvalue weighted by molar-refractivity contribution is -0.156. The van der Waals surface area contributed by atoms with Crippen molar-refractivity contribution in [3.05, 3.63) is 156 Å². The van der Waals surface area contributed by atoms with Crippen LogP contribution in [0.4, 0.5) is 34.8 Å². The number of hydrogen-bond acceptors (Lipinski definition) is 19. The number of Topliss-reactive ketones (excluding diaryl/α,β-unsaturated/α-hetero) is 2. The largest absolute Gasteiger partial charge is 0.394 e. The van der Waals surface area contributed by atoms with Gasteiger partial charge in [0, 0.05) is 103 Å². The number of ether oxygens (including phenoxy) is 1. The maximum Gasteiger partial charge on any atom is 0.310 e. The predicted molar refractivity (Wildman–Crippen MR) is 312 cm³/mol. The number of amidine groups is 1. The van der Waals surface area contributed by atoms with Gasteiger partial charge in [0.2, 0.25) is 5.91 Å². The van der Waals surface area contributed by atoms with Crippen LogP contribution in [0.3, 0.4) is 0 Å². The molecule has 21 heteroatoms. The van der Waals surface area contributed by atoms with Gasteiger partial charge in [-0.1, -0.05) is 91.0 Å². The summed E-state index contributed by atoms with van der Waals surface area (Å²) in [7, 11) is 0. The molecule has 0 atom stereocenters. The summed E-state index contributed by atoms with van der Waals surface area (Å²) in [5.41, 5.74) is 14.2. The van der Waals surface area contributed by atoms with Gasteiger partial charge in [0.25, 0.3) is 0 Å². The molecule has 3 saturated carbocycles. The standard InChI is InChI=1S/C21H21N5O2.C20H20N4O.C16H16N6.C4H6O3/c1-13(27)10-17-12-22-20(16-6-4-3-5-7-16)24-21(17)23-19-11-18(15-8-9-15)26(25-19)14(2)28;1-13(25)9-17-12-22-19(15-5-3-2-4-6-15)24-20(17)23-18-10-16(11-21-18)14-7-8-14;17-12-9-18-15(11-4-2-1-3-5-11)20-16(12)19-14-8-13(21-22-14)10-6-7-10;1-3(5)7-4(2)6/h3-7,11-12,15H,8-10H2,1-2H3,(H,22,23,24,25);2-6,10,12,14H,7-9,11H2,1H3,(H,21,22,23,24);1-5,8-10H,6-7,17H2,(H2,18,19,20,21,22);1-2H3. The first-order chi connectivity index (χ1) is 39.6. The van der Waals surface area contributed by atoms with Crippen LogP contribution >= 0.6 is 0 Å². The Morgan fingerprint density at radius 3 is 1.52 bits per heavy atom. The minimum absolute atomic E-state index is 0.0204. The number of aliphatic imine (C=N–C) groups is 1. The molecule has 0 spiro atoms. The lowest BCUT2D eigenvalue weighted by atomic mass is 10.1. The van der Waals surface area contributed by atoms with Gasteiger partial charge in [0.15, 0.2) is 34.9 Å². The van der Waals surface area contributed by atoms with Gasteiger partial charge in [-0.05, 0) is 69.9 Å². The molecule has 12 rings (SSSR count). The summed E-state index contributed by atoms with van der Waals surface area (Å²) in [5.74, 6) is 6.28. The number of benzene rings is 3. The number of aromatic nitrogens is 10. The number of nitrogen functional groups attached to an aromatic ring is 1. The van der Waals surface area contributed by atoms with Crippen molar-refractivity contribution in [2.45, 2.75) is 97.8 Å². The van der Waals surface area contributed by atoms with Gasteiger partial charge in [-0.2, -0.15) is 5.10 Å². The number of nitrogens with one attached hydrogen (secondary N) is 4. The maximum absolute atomic E-state index is 11.9. The Labute approximate surface area is 473 Å². The van der Waals surface area contributed by atoms with Crippen LogP contribution in [-0.4, -0.2) is 91.7 Å². The first kappa shape index (κ1) is 56.8. The molecule has 3 aliphatic carbocycles. The molecule has 0 saturated heterocycles. The average molecular weight is 1100 g/mol. The van der Waals surface area contributed by atoms with Crippen LogP contribution in [0.15, 0.2) is 138 Å². The van der Waals surface area contributed by atoms with Gasteiger partial charge in [0.05, 0.1) is 24.1 Å². The van der Waals surface area contributed by atoms with E-state index in [1.165, 1.54) is 69.3 Å². The minimum atomic E-state index is -0.562. The van der Waals surface area contributed by atoms with Gasteiger partial charge in [-0.25, -0.2) is 34.6 Å². The van der Waals surface area contributed by atoms with E-state index >= 15 is 0 Å². The molecule has 3 aromatic carbocycles. The summed E-state index contributed by atoms with van der Waals surface area (Å²) >= 11 is 0. The van der Waals surface area contributed by atoms with Crippen molar-refractivity contribution in [1.82, 2.24) is 49.9 Å². The number of H-pyrrole nitrogens is 1. The van der Waals surface area contributed by atoms with E-state index < -0.39 is 11.9 Å². The number of anilines is 6. The second kappa shape index (κ2) is 26.4. The molecule has 1 aliphatic heterocycles. The van der Waals surface area contributed by atoms with Crippen LogP contribution in [0.5, 0.6) is 0 Å². The molecule has 0 radical (unpaired) electrons. The molecule has 0 unspecified atom stereocenters. The van der Waals surface area contributed by atoms with Crippen molar-refractivity contribution in [3.63, 3.8) is 0 Å². The fourth-order valence-electron chi connectivity index (χ4n) is 8.66. The fraction of sp³-hybridized carbons (Fsp3) is 0.279. The van der Waals surface area contributed by atoms with Crippen molar-refractivity contribution in [3.8, 4) is 34.2 Å². The topological polar surface area (TPSA) is 293 Å². The molecule has 6 heterocycles. The number of esters is 2. The molecule has 3 fully saturated rings. The summed E-state index contributed by atoms with van der Waals surface area (Å²) in [4.78, 5) is 86.3. The highest BCUT2D eigenvalue weighted by atomic mass is 16.6. The number of nitrogens with zero attached hydrogens (tertiary/aromatic N) is 10. The van der Waals surface area contributed by atoms with E-state index in [1.54, 1.807) is 25.5 Å². The van der Waals surface area contributed by atoms with E-state index in [9.17, 15) is 24.0 Å². The summed E-state index contributed by atoms with van der Waals surface area (Å²) < 4.78 is 5.42. The summed E-state index contributed by atoms with van der Waals surface area (Å²) in [6, 6.07) is 33.2. The third-order valence-corrected chi connectivity index (χ3v) is 13.0.